The van der Waals surface area contributed by atoms with Gasteiger partial charge in [-0.25, -0.2) is 19.7 Å². The Morgan fingerprint density at radius 1 is 1.16 bits per heavy atom. The molecule has 1 amide bonds. The molecule has 0 aliphatic carbocycles. The highest BCUT2D eigenvalue weighted by Crippen LogP contribution is 2.29. The lowest BCUT2D eigenvalue weighted by Crippen LogP contribution is -2.36. The highest BCUT2D eigenvalue weighted by atomic mass is 32.2. The van der Waals surface area contributed by atoms with Gasteiger partial charge in [-0.15, -0.1) is 0 Å². The van der Waals surface area contributed by atoms with Crippen LogP contribution in [0.5, 0.6) is 5.88 Å². The van der Waals surface area contributed by atoms with Crippen molar-refractivity contribution in [3.63, 3.8) is 0 Å². The maximum Gasteiger partial charge on any atom is 0.281 e. The van der Waals surface area contributed by atoms with Gasteiger partial charge in [0.2, 0.25) is 5.88 Å². The average Bonchev–Trinajstić information content (AvgIpc) is 2.88. The summed E-state index contributed by atoms with van der Waals surface area (Å²) in [4.78, 5) is 28.2. The lowest BCUT2D eigenvalue weighted by atomic mass is 10.0. The molecule has 3 N–H and O–H groups in total. The van der Waals surface area contributed by atoms with Gasteiger partial charge in [-0.05, 0) is 63.9 Å². The van der Waals surface area contributed by atoms with Crippen LogP contribution in [0.1, 0.15) is 44.0 Å². The highest BCUT2D eigenvalue weighted by molar-refractivity contribution is 7.90. The average molecular weight is 523 g/mol. The minimum absolute atomic E-state index is 0.000373. The van der Waals surface area contributed by atoms with Gasteiger partial charge in [-0.3, -0.25) is 4.79 Å². The van der Waals surface area contributed by atoms with Crippen molar-refractivity contribution in [2.75, 3.05) is 23.7 Å². The minimum atomic E-state index is -4.24. The molecule has 194 valence electrons. The standard InChI is InChI=1S/C26H30N6O4S/c1-4-18-7-6-14-32(16-18)25-20(26(33)31-37(34,35)24-9-5-8-22(27)30-24)11-12-21(29-25)19-10-13-23(28-15-19)36-17(2)3/h4-5,8-13,15,17H,6-7,14,16H2,1-3H3,(H2,27,30)(H,31,33)/b18-4+. The van der Waals surface area contributed by atoms with Gasteiger partial charge >= 0.3 is 0 Å². The third kappa shape index (κ3) is 6.23. The lowest BCUT2D eigenvalue weighted by Gasteiger charge is -2.31. The fourth-order valence-electron chi connectivity index (χ4n) is 4.00. The molecule has 3 aromatic heterocycles. The van der Waals surface area contributed by atoms with E-state index in [9.17, 15) is 13.2 Å². The number of hydrogen-bond acceptors (Lipinski definition) is 9. The van der Waals surface area contributed by atoms with E-state index in [4.69, 9.17) is 15.5 Å². The number of hydrogen-bond donors (Lipinski definition) is 2. The Balaban J connectivity index is 1.70. The van der Waals surface area contributed by atoms with E-state index in [1.165, 1.54) is 23.8 Å². The van der Waals surface area contributed by atoms with Crippen molar-refractivity contribution in [3.8, 4) is 17.1 Å². The van der Waals surface area contributed by atoms with E-state index in [-0.39, 0.29) is 22.5 Å². The van der Waals surface area contributed by atoms with Crippen LogP contribution in [-0.4, -0.2) is 48.5 Å². The number of nitrogens with two attached hydrogens (primary N) is 1. The molecule has 4 heterocycles. The Morgan fingerprint density at radius 3 is 2.65 bits per heavy atom. The number of aromatic nitrogens is 3. The van der Waals surface area contributed by atoms with Gasteiger partial charge in [-0.1, -0.05) is 17.7 Å². The van der Waals surface area contributed by atoms with Crippen molar-refractivity contribution in [1.82, 2.24) is 19.7 Å². The number of piperidine rings is 1. The third-order valence-corrected chi connectivity index (χ3v) is 7.02. The van der Waals surface area contributed by atoms with E-state index in [1.807, 2.05) is 31.7 Å². The number of carbonyl (C=O) groups excluding carboxylic acids is 1. The van der Waals surface area contributed by atoms with Crippen LogP contribution in [0.15, 0.2) is 65.3 Å². The molecule has 11 heteroatoms. The Hall–Kier alpha value is -3.99. The van der Waals surface area contributed by atoms with Crippen molar-refractivity contribution in [3.05, 3.63) is 65.9 Å². The van der Waals surface area contributed by atoms with Crippen molar-refractivity contribution in [1.29, 1.82) is 0 Å². The monoisotopic (exact) mass is 522 g/mol. The van der Waals surface area contributed by atoms with E-state index in [0.29, 0.717) is 30.5 Å². The zero-order chi connectivity index (χ0) is 26.6. The van der Waals surface area contributed by atoms with Gasteiger partial charge in [0.05, 0.1) is 17.4 Å². The number of allylic oxidation sites excluding steroid dienone is 1. The molecule has 0 aromatic carbocycles. The first kappa shape index (κ1) is 26.1. The van der Waals surface area contributed by atoms with Crippen LogP contribution in [0.25, 0.3) is 11.3 Å². The van der Waals surface area contributed by atoms with Crippen molar-refractivity contribution >= 4 is 27.6 Å². The minimum Gasteiger partial charge on any atom is -0.475 e. The summed E-state index contributed by atoms with van der Waals surface area (Å²) in [6.07, 6.45) is 5.57. The first-order chi connectivity index (χ1) is 17.7. The number of nitrogens with zero attached hydrogens (tertiary/aromatic N) is 4. The van der Waals surface area contributed by atoms with Crippen molar-refractivity contribution in [2.45, 2.75) is 44.7 Å². The number of amides is 1. The number of pyridine rings is 3. The maximum absolute atomic E-state index is 13.3. The van der Waals surface area contributed by atoms with Gasteiger partial charge in [0.15, 0.2) is 5.03 Å². The van der Waals surface area contributed by atoms with Gasteiger partial charge in [0, 0.05) is 30.9 Å². The molecule has 0 bridgehead atoms. The molecular weight excluding hydrogens is 492 g/mol. The van der Waals surface area contributed by atoms with Crippen LogP contribution < -0.4 is 20.1 Å². The van der Waals surface area contributed by atoms with E-state index in [2.05, 4.69) is 20.8 Å². The number of rotatable bonds is 7. The van der Waals surface area contributed by atoms with Gasteiger partial charge in [-0.2, -0.15) is 8.42 Å². The van der Waals surface area contributed by atoms with Crippen molar-refractivity contribution in [2.24, 2.45) is 0 Å². The highest BCUT2D eigenvalue weighted by Gasteiger charge is 2.26. The Labute approximate surface area is 216 Å². The van der Waals surface area contributed by atoms with Crippen molar-refractivity contribution < 1.29 is 17.9 Å². The summed E-state index contributed by atoms with van der Waals surface area (Å²) < 4.78 is 33.4. The van der Waals surface area contributed by atoms with Crippen LogP contribution in [0.3, 0.4) is 0 Å². The Morgan fingerprint density at radius 2 is 1.97 bits per heavy atom. The first-order valence-corrected chi connectivity index (χ1v) is 13.5. The first-order valence-electron chi connectivity index (χ1n) is 12.0. The summed E-state index contributed by atoms with van der Waals surface area (Å²) >= 11 is 0. The molecule has 37 heavy (non-hydrogen) atoms. The molecule has 3 aromatic rings. The van der Waals surface area contributed by atoms with Gasteiger partial charge in [0.25, 0.3) is 15.9 Å². The lowest BCUT2D eigenvalue weighted by molar-refractivity contribution is 0.0981. The van der Waals surface area contributed by atoms with Crippen LogP contribution in [-0.2, 0) is 10.0 Å². The van der Waals surface area contributed by atoms with Crippen LogP contribution in [0.2, 0.25) is 0 Å². The molecule has 0 radical (unpaired) electrons. The summed E-state index contributed by atoms with van der Waals surface area (Å²) in [6, 6.07) is 11.1. The molecular formula is C26H30N6O4S. The zero-order valence-electron chi connectivity index (χ0n) is 21.0. The molecule has 0 saturated carbocycles. The smallest absolute Gasteiger partial charge is 0.281 e. The summed E-state index contributed by atoms with van der Waals surface area (Å²) in [6.45, 7) is 7.10. The predicted molar refractivity (Wildman–Crippen MR) is 142 cm³/mol. The predicted octanol–water partition coefficient (Wildman–Crippen LogP) is 3.57. The maximum atomic E-state index is 13.3. The van der Waals surface area contributed by atoms with E-state index in [0.717, 1.165) is 18.4 Å². The second-order valence-corrected chi connectivity index (χ2v) is 10.6. The van der Waals surface area contributed by atoms with Gasteiger partial charge < -0.3 is 15.4 Å². The van der Waals surface area contributed by atoms with E-state index >= 15 is 0 Å². The van der Waals surface area contributed by atoms with E-state index < -0.39 is 15.9 Å². The number of nitrogen functional groups attached to an aromatic ring is 1. The molecule has 1 aliphatic rings. The molecule has 0 unspecified atom stereocenters. The fraction of sp³-hybridized carbons (Fsp3) is 0.308. The molecule has 1 saturated heterocycles. The Bertz CT molecular complexity index is 1420. The summed E-state index contributed by atoms with van der Waals surface area (Å²) in [5.41, 5.74) is 8.33. The topological polar surface area (TPSA) is 140 Å². The van der Waals surface area contributed by atoms with Crippen LogP contribution >= 0.6 is 0 Å². The summed E-state index contributed by atoms with van der Waals surface area (Å²) in [5, 5.41) is -0.337. The Kier molecular flexibility index (Phi) is 7.72. The van der Waals surface area contributed by atoms with Crippen LogP contribution in [0, 0.1) is 0 Å². The quantitative estimate of drug-likeness (QED) is 0.446. The molecule has 0 spiro atoms. The molecule has 10 nitrogen and oxygen atoms in total. The summed E-state index contributed by atoms with van der Waals surface area (Å²) in [5.74, 6) is 0.133. The number of anilines is 2. The number of ether oxygens (including phenoxy) is 1. The third-order valence-electron chi connectivity index (χ3n) is 5.78. The second-order valence-electron chi connectivity index (χ2n) is 8.93. The number of sulfonamides is 1. The zero-order valence-corrected chi connectivity index (χ0v) is 21.8. The van der Waals surface area contributed by atoms with Gasteiger partial charge in [0.1, 0.15) is 11.6 Å². The SMILES string of the molecule is C/C=C1\CCCN(c2nc(-c3ccc(OC(C)C)nc3)ccc2C(=O)NS(=O)(=O)c2cccc(N)n2)C1. The number of nitrogens with one attached hydrogen (secondary N) is 1. The fourth-order valence-corrected chi connectivity index (χ4v) is 4.94. The molecule has 0 atom stereocenters. The summed E-state index contributed by atoms with van der Waals surface area (Å²) in [7, 11) is -4.24. The van der Waals surface area contributed by atoms with E-state index in [1.54, 1.807) is 24.4 Å². The normalized spacial score (nSPS) is 15.1. The number of carbonyl (C=O) groups is 1. The molecule has 1 fully saturated rings. The van der Waals surface area contributed by atoms with Crippen LogP contribution in [0.4, 0.5) is 11.6 Å². The molecule has 4 rings (SSSR count). The molecule has 1 aliphatic heterocycles. The second kappa shape index (κ2) is 11.0. The largest absolute Gasteiger partial charge is 0.475 e.